The van der Waals surface area contributed by atoms with E-state index in [1.54, 1.807) is 0 Å². The summed E-state index contributed by atoms with van der Waals surface area (Å²) in [5, 5.41) is 3.26. The van der Waals surface area contributed by atoms with Gasteiger partial charge in [0.25, 0.3) is 0 Å². The number of hydrogen-bond acceptors (Lipinski definition) is 2. The second-order valence-corrected chi connectivity index (χ2v) is 6.47. The maximum absolute atomic E-state index is 13.3. The van der Waals surface area contributed by atoms with Crippen LogP contribution in [0.3, 0.4) is 0 Å². The maximum atomic E-state index is 13.3. The molecule has 1 fully saturated rings. The van der Waals surface area contributed by atoms with E-state index >= 15 is 0 Å². The molecule has 0 spiro atoms. The molecule has 1 saturated heterocycles. The van der Waals surface area contributed by atoms with Gasteiger partial charge in [0.15, 0.2) is 0 Å². The van der Waals surface area contributed by atoms with Gasteiger partial charge in [-0.15, -0.1) is 0 Å². The second-order valence-electron chi connectivity index (χ2n) is 6.47. The van der Waals surface area contributed by atoms with E-state index in [4.69, 9.17) is 0 Å². The molecule has 3 nitrogen and oxygen atoms in total. The van der Waals surface area contributed by atoms with Crippen LogP contribution in [0.25, 0.3) is 0 Å². The van der Waals surface area contributed by atoms with Crippen molar-refractivity contribution in [2.45, 2.75) is 44.9 Å². The fourth-order valence-corrected chi connectivity index (χ4v) is 3.85. The van der Waals surface area contributed by atoms with Crippen LogP contribution in [0.2, 0.25) is 0 Å². The van der Waals surface area contributed by atoms with Crippen LogP contribution in [0.5, 0.6) is 0 Å². The van der Waals surface area contributed by atoms with Crippen molar-refractivity contribution in [2.24, 2.45) is 5.92 Å². The molecule has 0 aliphatic carbocycles. The van der Waals surface area contributed by atoms with Gasteiger partial charge in [0.05, 0.1) is 5.41 Å². The molecule has 1 aromatic carbocycles. The minimum atomic E-state index is -0.358. The number of hydrogen-bond donors (Lipinski definition) is 1. The van der Waals surface area contributed by atoms with Gasteiger partial charge in [-0.2, -0.15) is 0 Å². The molecule has 0 saturated carbocycles. The zero-order valence-corrected chi connectivity index (χ0v) is 14.3. The Morgan fingerprint density at radius 2 is 1.95 bits per heavy atom. The summed E-state index contributed by atoms with van der Waals surface area (Å²) in [6, 6.07) is 10.3. The van der Waals surface area contributed by atoms with E-state index in [1.165, 1.54) is 12.0 Å². The molecule has 22 heavy (non-hydrogen) atoms. The molecule has 1 atom stereocenters. The Morgan fingerprint density at radius 1 is 1.27 bits per heavy atom. The van der Waals surface area contributed by atoms with Crippen LogP contribution >= 0.6 is 0 Å². The van der Waals surface area contributed by atoms with Crippen molar-refractivity contribution in [1.82, 2.24) is 10.2 Å². The van der Waals surface area contributed by atoms with Crippen LogP contribution in [-0.2, 0) is 10.2 Å². The predicted octanol–water partition coefficient (Wildman–Crippen LogP) is 3.20. The van der Waals surface area contributed by atoms with Crippen LogP contribution in [0.1, 0.15) is 45.1 Å². The molecule has 2 rings (SSSR count). The number of piperidine rings is 1. The lowest BCUT2D eigenvalue weighted by molar-refractivity contribution is -0.139. The van der Waals surface area contributed by atoms with E-state index in [0.717, 1.165) is 38.9 Å². The molecule has 1 amide bonds. The Labute approximate surface area is 135 Å². The average molecular weight is 302 g/mol. The highest BCUT2D eigenvalue weighted by atomic mass is 16.2. The van der Waals surface area contributed by atoms with Crippen molar-refractivity contribution in [3.63, 3.8) is 0 Å². The zero-order valence-electron chi connectivity index (χ0n) is 14.3. The minimum Gasteiger partial charge on any atom is -0.342 e. The van der Waals surface area contributed by atoms with Gasteiger partial charge in [0, 0.05) is 13.1 Å². The van der Waals surface area contributed by atoms with E-state index in [-0.39, 0.29) is 5.41 Å². The highest BCUT2D eigenvalue weighted by Crippen LogP contribution is 2.35. The third kappa shape index (κ3) is 3.35. The van der Waals surface area contributed by atoms with Gasteiger partial charge in [0.1, 0.15) is 0 Å². The third-order valence-electron chi connectivity index (χ3n) is 5.24. The lowest BCUT2D eigenvalue weighted by atomic mass is 9.74. The SMILES string of the molecule is CCC(CC)(C(=O)N1CCCC(CNC)C1)c1ccccc1. The first kappa shape index (κ1) is 17.0. The second kappa shape index (κ2) is 7.77. The van der Waals surface area contributed by atoms with Gasteiger partial charge in [0.2, 0.25) is 5.91 Å². The van der Waals surface area contributed by atoms with Gasteiger partial charge in [-0.25, -0.2) is 0 Å². The maximum Gasteiger partial charge on any atom is 0.233 e. The van der Waals surface area contributed by atoms with Crippen molar-refractivity contribution >= 4 is 5.91 Å². The van der Waals surface area contributed by atoms with Gasteiger partial charge in [-0.1, -0.05) is 44.2 Å². The Kier molecular flexibility index (Phi) is 6.01. The number of carbonyl (C=O) groups is 1. The molecule has 0 radical (unpaired) electrons. The predicted molar refractivity (Wildman–Crippen MR) is 91.9 cm³/mol. The molecule has 1 N–H and O–H groups in total. The van der Waals surface area contributed by atoms with E-state index in [0.29, 0.717) is 11.8 Å². The molecule has 0 bridgehead atoms. The molecule has 1 aliphatic heterocycles. The largest absolute Gasteiger partial charge is 0.342 e. The van der Waals surface area contributed by atoms with Gasteiger partial charge >= 0.3 is 0 Å². The standard InChI is InChI=1S/C19H30N2O/c1-4-19(5-2,17-11-7-6-8-12-17)18(22)21-13-9-10-16(15-21)14-20-3/h6-8,11-12,16,20H,4-5,9-10,13-15H2,1-3H3. The van der Waals surface area contributed by atoms with E-state index in [2.05, 4.69) is 36.2 Å². The van der Waals surface area contributed by atoms with Crippen LogP contribution in [0, 0.1) is 5.92 Å². The first-order valence-corrected chi connectivity index (χ1v) is 8.67. The minimum absolute atomic E-state index is 0.324. The number of carbonyl (C=O) groups excluding carboxylic acids is 1. The highest BCUT2D eigenvalue weighted by molar-refractivity contribution is 5.88. The summed E-state index contributed by atoms with van der Waals surface area (Å²) in [6.45, 7) is 7.09. The first-order valence-electron chi connectivity index (χ1n) is 8.67. The fourth-order valence-electron chi connectivity index (χ4n) is 3.85. The van der Waals surface area contributed by atoms with Crippen LogP contribution < -0.4 is 5.32 Å². The molecule has 1 unspecified atom stereocenters. The molecule has 1 heterocycles. The lowest BCUT2D eigenvalue weighted by Crippen LogP contribution is -2.51. The Hall–Kier alpha value is -1.35. The fraction of sp³-hybridized carbons (Fsp3) is 0.632. The summed E-state index contributed by atoms with van der Waals surface area (Å²) >= 11 is 0. The Balaban J connectivity index is 2.23. The number of nitrogens with one attached hydrogen (secondary N) is 1. The lowest BCUT2D eigenvalue weighted by Gasteiger charge is -2.40. The number of likely N-dealkylation sites (tertiary alicyclic amines) is 1. The molecule has 1 aliphatic rings. The van der Waals surface area contributed by atoms with Crippen LogP contribution in [-0.4, -0.2) is 37.5 Å². The normalized spacial score (nSPS) is 19.2. The van der Waals surface area contributed by atoms with Crippen LogP contribution in [0.4, 0.5) is 0 Å². The molecular weight excluding hydrogens is 272 g/mol. The quantitative estimate of drug-likeness (QED) is 0.875. The summed E-state index contributed by atoms with van der Waals surface area (Å²) in [5.74, 6) is 0.911. The molecule has 0 aromatic heterocycles. The summed E-state index contributed by atoms with van der Waals surface area (Å²) in [6.07, 6.45) is 4.07. The Bertz CT molecular complexity index is 466. The molecular formula is C19H30N2O. The molecule has 3 heteroatoms. The van der Waals surface area contributed by atoms with Crippen molar-refractivity contribution in [1.29, 1.82) is 0 Å². The summed E-state index contributed by atoms with van der Waals surface area (Å²) < 4.78 is 0. The first-order chi connectivity index (χ1) is 10.7. The summed E-state index contributed by atoms with van der Waals surface area (Å²) in [5.41, 5.74) is 0.809. The van der Waals surface area contributed by atoms with E-state index < -0.39 is 0 Å². The molecule has 1 aromatic rings. The van der Waals surface area contributed by atoms with Gasteiger partial charge < -0.3 is 10.2 Å². The number of nitrogens with zero attached hydrogens (tertiary/aromatic N) is 1. The Morgan fingerprint density at radius 3 is 2.55 bits per heavy atom. The number of benzene rings is 1. The number of amides is 1. The van der Waals surface area contributed by atoms with Crippen LogP contribution in [0.15, 0.2) is 30.3 Å². The van der Waals surface area contributed by atoms with Crippen molar-refractivity contribution < 1.29 is 4.79 Å². The average Bonchev–Trinajstić information content (AvgIpc) is 2.58. The topological polar surface area (TPSA) is 32.3 Å². The summed E-state index contributed by atoms with van der Waals surface area (Å²) in [7, 11) is 1.99. The van der Waals surface area contributed by atoms with Crippen molar-refractivity contribution in [3.05, 3.63) is 35.9 Å². The smallest absolute Gasteiger partial charge is 0.233 e. The zero-order chi connectivity index (χ0) is 16.0. The molecule has 122 valence electrons. The van der Waals surface area contributed by atoms with Gasteiger partial charge in [-0.3, -0.25) is 4.79 Å². The van der Waals surface area contributed by atoms with E-state index in [1.807, 2.05) is 25.2 Å². The highest BCUT2D eigenvalue weighted by Gasteiger charge is 2.40. The number of rotatable bonds is 6. The monoisotopic (exact) mass is 302 g/mol. The van der Waals surface area contributed by atoms with Gasteiger partial charge in [-0.05, 0) is 50.8 Å². The van der Waals surface area contributed by atoms with E-state index in [9.17, 15) is 4.79 Å². The summed E-state index contributed by atoms with van der Waals surface area (Å²) in [4.78, 5) is 15.5. The third-order valence-corrected chi connectivity index (χ3v) is 5.24. The van der Waals surface area contributed by atoms with Crippen molar-refractivity contribution in [3.8, 4) is 0 Å². The van der Waals surface area contributed by atoms with Crippen molar-refractivity contribution in [2.75, 3.05) is 26.7 Å².